The Morgan fingerprint density at radius 2 is 1.88 bits per heavy atom. The van der Waals surface area contributed by atoms with Gasteiger partial charge in [0.15, 0.2) is 5.82 Å². The minimum atomic E-state index is -0.00971. The van der Waals surface area contributed by atoms with Crippen LogP contribution in [0.3, 0.4) is 0 Å². The molecule has 4 rings (SSSR count). The largest absolute Gasteiger partial charge is 0.339 e. The smallest absolute Gasteiger partial charge is 0.229 e. The lowest BCUT2D eigenvalue weighted by molar-refractivity contribution is -0.121. The number of rotatable bonds is 7. The first kappa shape index (κ1) is 22.5. The average Bonchev–Trinajstić information content (AvgIpc) is 3.26. The lowest BCUT2D eigenvalue weighted by Crippen LogP contribution is -2.40. The molecule has 168 valence electrons. The van der Waals surface area contributed by atoms with Crippen LogP contribution >= 0.6 is 11.6 Å². The van der Waals surface area contributed by atoms with Crippen LogP contribution in [-0.4, -0.2) is 34.0 Å². The summed E-state index contributed by atoms with van der Waals surface area (Å²) in [5.74, 6) is 1.62. The third-order valence-corrected chi connectivity index (χ3v) is 6.01. The van der Waals surface area contributed by atoms with Gasteiger partial charge in [0.05, 0.1) is 5.92 Å². The molecule has 0 aliphatic carbocycles. The molecule has 0 spiro atoms. The first-order chi connectivity index (χ1) is 15.5. The summed E-state index contributed by atoms with van der Waals surface area (Å²) in [7, 11) is 0. The molecule has 1 saturated heterocycles. The molecule has 32 heavy (non-hydrogen) atoms. The van der Waals surface area contributed by atoms with E-state index in [0.29, 0.717) is 18.1 Å². The number of nitrogens with zero attached hydrogens (tertiary/aromatic N) is 3. The predicted octanol–water partition coefficient (Wildman–Crippen LogP) is 5.29. The number of carbonyl (C=O) groups excluding carboxylic acids is 1. The van der Waals surface area contributed by atoms with Crippen molar-refractivity contribution < 1.29 is 9.32 Å². The second-order valence-electron chi connectivity index (χ2n) is 8.77. The van der Waals surface area contributed by atoms with Gasteiger partial charge in [0.1, 0.15) is 0 Å². The second-order valence-corrected chi connectivity index (χ2v) is 9.20. The van der Waals surface area contributed by atoms with Crippen LogP contribution < -0.4 is 5.32 Å². The quantitative estimate of drug-likeness (QED) is 0.527. The molecule has 0 radical (unpaired) electrons. The number of amides is 1. The van der Waals surface area contributed by atoms with E-state index in [9.17, 15) is 4.79 Å². The van der Waals surface area contributed by atoms with Gasteiger partial charge in [0.2, 0.25) is 11.8 Å². The fourth-order valence-electron chi connectivity index (χ4n) is 3.97. The number of piperidine rings is 1. The topological polar surface area (TPSA) is 71.3 Å². The van der Waals surface area contributed by atoms with Crippen molar-refractivity contribution in [1.82, 2.24) is 15.0 Å². The van der Waals surface area contributed by atoms with Gasteiger partial charge < -0.3 is 9.84 Å². The Hall–Kier alpha value is -2.70. The normalized spacial score (nSPS) is 16.9. The molecule has 1 aliphatic heterocycles. The minimum Gasteiger partial charge on any atom is -0.339 e. The van der Waals surface area contributed by atoms with Crippen molar-refractivity contribution >= 4 is 23.2 Å². The molecule has 1 aliphatic rings. The van der Waals surface area contributed by atoms with Gasteiger partial charge in [0, 0.05) is 36.1 Å². The lowest BCUT2D eigenvalue weighted by Gasteiger charge is -2.32. The van der Waals surface area contributed by atoms with Crippen LogP contribution in [0.4, 0.5) is 5.69 Å². The number of carbonyl (C=O) groups is 1. The molecule has 1 aromatic heterocycles. The summed E-state index contributed by atoms with van der Waals surface area (Å²) in [6.07, 6.45) is 2.54. The van der Waals surface area contributed by atoms with Gasteiger partial charge in [-0.15, -0.1) is 0 Å². The SMILES string of the molecule is CC(C)c1nc(Cc2ccc(NC(=O)[C@H]3CCCN(Cc4ccc(Cl)cc4)C3)cc2)no1. The number of anilines is 1. The van der Waals surface area contributed by atoms with Crippen molar-refractivity contribution in [1.29, 1.82) is 0 Å². The number of halogens is 1. The molecule has 0 bridgehead atoms. The average molecular weight is 453 g/mol. The van der Waals surface area contributed by atoms with Crippen molar-refractivity contribution in [2.45, 2.75) is 45.6 Å². The molecule has 7 heteroatoms. The monoisotopic (exact) mass is 452 g/mol. The minimum absolute atomic E-state index is 0.00971. The maximum absolute atomic E-state index is 12.9. The third-order valence-electron chi connectivity index (χ3n) is 5.76. The van der Waals surface area contributed by atoms with Crippen LogP contribution in [0.5, 0.6) is 0 Å². The van der Waals surface area contributed by atoms with E-state index in [4.69, 9.17) is 16.1 Å². The second kappa shape index (κ2) is 10.3. The zero-order chi connectivity index (χ0) is 22.5. The lowest BCUT2D eigenvalue weighted by atomic mass is 9.96. The van der Waals surface area contributed by atoms with Crippen LogP contribution in [0.15, 0.2) is 53.1 Å². The maximum Gasteiger partial charge on any atom is 0.229 e. The summed E-state index contributed by atoms with van der Waals surface area (Å²) in [6.45, 7) is 6.67. The number of likely N-dealkylation sites (tertiary alicyclic amines) is 1. The molecule has 2 heterocycles. The van der Waals surface area contributed by atoms with Crippen molar-refractivity contribution in [3.8, 4) is 0 Å². The molecule has 1 atom stereocenters. The first-order valence-corrected chi connectivity index (χ1v) is 11.5. The molecule has 1 amide bonds. The van der Waals surface area contributed by atoms with Crippen LogP contribution in [0.25, 0.3) is 0 Å². The van der Waals surface area contributed by atoms with Crippen molar-refractivity contribution in [2.24, 2.45) is 5.92 Å². The van der Waals surface area contributed by atoms with Gasteiger partial charge in [0.25, 0.3) is 0 Å². The molecule has 2 aromatic carbocycles. The molecule has 1 fully saturated rings. The van der Waals surface area contributed by atoms with Gasteiger partial charge in [-0.2, -0.15) is 4.98 Å². The van der Waals surface area contributed by atoms with Gasteiger partial charge in [-0.1, -0.05) is 54.9 Å². The Morgan fingerprint density at radius 3 is 2.56 bits per heavy atom. The maximum atomic E-state index is 12.9. The third kappa shape index (κ3) is 5.96. The number of hydrogen-bond donors (Lipinski definition) is 1. The predicted molar refractivity (Wildman–Crippen MR) is 126 cm³/mol. The van der Waals surface area contributed by atoms with Gasteiger partial charge in [-0.05, 0) is 54.8 Å². The van der Waals surface area contributed by atoms with E-state index in [1.807, 2.05) is 62.4 Å². The van der Waals surface area contributed by atoms with Crippen molar-refractivity contribution in [3.63, 3.8) is 0 Å². The van der Waals surface area contributed by atoms with Crippen LogP contribution in [0.2, 0.25) is 5.02 Å². The van der Waals surface area contributed by atoms with Crippen LogP contribution in [0.1, 0.15) is 55.4 Å². The first-order valence-electron chi connectivity index (χ1n) is 11.2. The molecule has 1 N–H and O–H groups in total. The molecular formula is C25H29ClN4O2. The van der Waals surface area contributed by atoms with Crippen LogP contribution in [0, 0.1) is 5.92 Å². The molecular weight excluding hydrogens is 424 g/mol. The Labute approximate surface area is 194 Å². The molecule has 3 aromatic rings. The standard InChI is InChI=1S/C25H29ClN4O2/c1-17(2)25-28-23(29-32-25)14-18-7-11-22(12-8-18)27-24(31)20-4-3-13-30(16-20)15-19-5-9-21(26)10-6-19/h5-12,17,20H,3-4,13-16H2,1-2H3,(H,27,31)/t20-/m0/s1. The Kier molecular flexibility index (Phi) is 7.22. The Bertz CT molecular complexity index is 1030. The van der Waals surface area contributed by atoms with E-state index < -0.39 is 0 Å². The highest BCUT2D eigenvalue weighted by molar-refractivity contribution is 6.30. The number of nitrogens with one attached hydrogen (secondary N) is 1. The van der Waals surface area contributed by atoms with E-state index in [1.165, 1.54) is 5.56 Å². The summed E-state index contributed by atoms with van der Waals surface area (Å²) in [5.41, 5.74) is 3.10. The van der Waals surface area contributed by atoms with Crippen LogP contribution in [-0.2, 0) is 17.8 Å². The van der Waals surface area contributed by atoms with Crippen molar-refractivity contribution in [2.75, 3.05) is 18.4 Å². The number of aromatic nitrogens is 2. The zero-order valence-corrected chi connectivity index (χ0v) is 19.3. The molecule has 6 nitrogen and oxygen atoms in total. The molecule has 0 unspecified atom stereocenters. The van der Waals surface area contributed by atoms with Gasteiger partial charge in [-0.3, -0.25) is 9.69 Å². The highest BCUT2D eigenvalue weighted by Gasteiger charge is 2.26. The van der Waals surface area contributed by atoms with Gasteiger partial charge >= 0.3 is 0 Å². The van der Waals surface area contributed by atoms with E-state index in [2.05, 4.69) is 20.4 Å². The summed E-state index contributed by atoms with van der Waals surface area (Å²) < 4.78 is 5.27. The fraction of sp³-hybridized carbons (Fsp3) is 0.400. The molecule has 0 saturated carbocycles. The van der Waals surface area contributed by atoms with Crippen molar-refractivity contribution in [3.05, 3.63) is 76.4 Å². The van der Waals surface area contributed by atoms with E-state index in [0.717, 1.165) is 48.7 Å². The Balaban J connectivity index is 1.30. The summed E-state index contributed by atoms with van der Waals surface area (Å²) in [6, 6.07) is 15.8. The van der Waals surface area contributed by atoms with E-state index >= 15 is 0 Å². The zero-order valence-electron chi connectivity index (χ0n) is 18.6. The summed E-state index contributed by atoms with van der Waals surface area (Å²) in [4.78, 5) is 19.6. The number of hydrogen-bond acceptors (Lipinski definition) is 5. The Morgan fingerprint density at radius 1 is 1.16 bits per heavy atom. The number of benzene rings is 2. The van der Waals surface area contributed by atoms with E-state index in [-0.39, 0.29) is 17.7 Å². The highest BCUT2D eigenvalue weighted by atomic mass is 35.5. The highest BCUT2D eigenvalue weighted by Crippen LogP contribution is 2.22. The summed E-state index contributed by atoms with van der Waals surface area (Å²) in [5, 5.41) is 7.86. The summed E-state index contributed by atoms with van der Waals surface area (Å²) >= 11 is 5.98. The van der Waals surface area contributed by atoms with E-state index in [1.54, 1.807) is 0 Å². The fourth-order valence-corrected chi connectivity index (χ4v) is 4.09. The van der Waals surface area contributed by atoms with Gasteiger partial charge in [-0.25, -0.2) is 0 Å².